The molecule has 84 valence electrons. The van der Waals surface area contributed by atoms with Crippen LogP contribution in [0.1, 0.15) is 36.5 Å². The third-order valence-electron chi connectivity index (χ3n) is 2.99. The van der Waals surface area contributed by atoms with Crippen LogP contribution in [0.25, 0.3) is 0 Å². The molecule has 2 heteroatoms. The van der Waals surface area contributed by atoms with E-state index >= 15 is 0 Å². The van der Waals surface area contributed by atoms with Gasteiger partial charge in [0.05, 0.1) is 0 Å². The van der Waals surface area contributed by atoms with E-state index in [9.17, 15) is 4.39 Å². The van der Waals surface area contributed by atoms with Crippen molar-refractivity contribution in [1.82, 2.24) is 0 Å². The van der Waals surface area contributed by atoms with Gasteiger partial charge in [-0.2, -0.15) is 0 Å². The molecule has 0 saturated carbocycles. The Bertz CT molecular complexity index is 335. The number of hydrogen-bond donors (Lipinski definition) is 1. The summed E-state index contributed by atoms with van der Waals surface area (Å²) in [7, 11) is 0. The van der Waals surface area contributed by atoms with E-state index in [4.69, 9.17) is 5.73 Å². The highest BCUT2D eigenvalue weighted by atomic mass is 19.1. The molecule has 0 aromatic heterocycles. The van der Waals surface area contributed by atoms with Crippen LogP contribution in [0, 0.1) is 13.8 Å². The molecule has 1 rings (SSSR count). The maximum absolute atomic E-state index is 14.4. The van der Waals surface area contributed by atoms with E-state index in [2.05, 4.69) is 0 Å². The van der Waals surface area contributed by atoms with Crippen LogP contribution in [0.5, 0.6) is 0 Å². The van der Waals surface area contributed by atoms with Crippen molar-refractivity contribution in [2.24, 2.45) is 5.73 Å². The third kappa shape index (κ3) is 2.57. The van der Waals surface area contributed by atoms with Crippen LogP contribution in [0.4, 0.5) is 4.39 Å². The number of benzene rings is 1. The number of rotatable bonds is 4. The first-order chi connectivity index (χ1) is 7.03. The second-order valence-electron chi connectivity index (χ2n) is 4.22. The second kappa shape index (κ2) is 4.75. The molecule has 0 heterocycles. The topological polar surface area (TPSA) is 26.0 Å². The average molecular weight is 209 g/mol. The largest absolute Gasteiger partial charge is 0.327 e. The van der Waals surface area contributed by atoms with E-state index < -0.39 is 5.67 Å². The van der Waals surface area contributed by atoms with Gasteiger partial charge in [-0.15, -0.1) is 0 Å². The van der Waals surface area contributed by atoms with Crippen molar-refractivity contribution in [3.05, 3.63) is 34.9 Å². The molecule has 1 unspecified atom stereocenters. The van der Waals surface area contributed by atoms with Gasteiger partial charge in [-0.3, -0.25) is 0 Å². The summed E-state index contributed by atoms with van der Waals surface area (Å²) in [6, 6.07) is 5.73. The Morgan fingerprint density at radius 1 is 1.27 bits per heavy atom. The zero-order valence-corrected chi connectivity index (χ0v) is 9.81. The second-order valence-corrected chi connectivity index (χ2v) is 4.22. The van der Waals surface area contributed by atoms with Crippen LogP contribution in [-0.2, 0) is 5.67 Å². The van der Waals surface area contributed by atoms with Crippen molar-refractivity contribution in [3.63, 3.8) is 0 Å². The normalized spacial score (nSPS) is 15.0. The molecular formula is C13H20FN. The Balaban J connectivity index is 3.07. The highest BCUT2D eigenvalue weighted by Gasteiger charge is 2.29. The van der Waals surface area contributed by atoms with E-state index in [1.165, 1.54) is 5.56 Å². The van der Waals surface area contributed by atoms with E-state index in [0.29, 0.717) is 6.42 Å². The summed E-state index contributed by atoms with van der Waals surface area (Å²) in [6.45, 7) is 6.07. The van der Waals surface area contributed by atoms with Crippen molar-refractivity contribution in [2.45, 2.75) is 39.3 Å². The number of nitrogens with two attached hydrogens (primary N) is 1. The summed E-state index contributed by atoms with van der Waals surface area (Å²) in [5, 5.41) is 0. The molecule has 1 nitrogen and oxygen atoms in total. The number of alkyl halides is 1. The molecule has 1 atom stereocenters. The van der Waals surface area contributed by atoms with E-state index in [0.717, 1.165) is 17.5 Å². The maximum atomic E-state index is 14.4. The zero-order chi connectivity index (χ0) is 11.5. The lowest BCUT2D eigenvalue weighted by Gasteiger charge is -2.24. The predicted octanol–water partition coefficient (Wildman–Crippen LogP) is 3.23. The number of aryl methyl sites for hydroxylation is 2. The van der Waals surface area contributed by atoms with Gasteiger partial charge in [-0.25, -0.2) is 4.39 Å². The van der Waals surface area contributed by atoms with Crippen LogP contribution >= 0.6 is 0 Å². The van der Waals surface area contributed by atoms with E-state index in [-0.39, 0.29) is 6.54 Å². The first-order valence-corrected chi connectivity index (χ1v) is 5.50. The van der Waals surface area contributed by atoms with Crippen molar-refractivity contribution in [2.75, 3.05) is 6.54 Å². The monoisotopic (exact) mass is 209 g/mol. The molecular weight excluding hydrogens is 189 g/mol. The Hall–Kier alpha value is -0.890. The summed E-state index contributed by atoms with van der Waals surface area (Å²) in [5.74, 6) is 0. The molecule has 1 aromatic rings. The van der Waals surface area contributed by atoms with Gasteiger partial charge in [0.1, 0.15) is 5.67 Å². The number of hydrogen-bond acceptors (Lipinski definition) is 1. The van der Waals surface area contributed by atoms with Gasteiger partial charge in [0, 0.05) is 6.54 Å². The molecule has 0 aliphatic heterocycles. The molecule has 0 radical (unpaired) electrons. The molecule has 0 amide bonds. The fourth-order valence-electron chi connectivity index (χ4n) is 1.78. The molecule has 0 aliphatic carbocycles. The Morgan fingerprint density at radius 2 is 1.93 bits per heavy atom. The van der Waals surface area contributed by atoms with Crippen LogP contribution in [0.2, 0.25) is 0 Å². The molecule has 0 fully saturated rings. The maximum Gasteiger partial charge on any atom is 0.148 e. The molecule has 0 spiro atoms. The lowest BCUT2D eigenvalue weighted by atomic mass is 9.89. The van der Waals surface area contributed by atoms with Gasteiger partial charge in [-0.1, -0.05) is 31.5 Å². The molecule has 15 heavy (non-hydrogen) atoms. The summed E-state index contributed by atoms with van der Waals surface area (Å²) in [6.07, 6.45) is 1.30. The number of halogens is 1. The third-order valence-corrected chi connectivity index (χ3v) is 2.99. The lowest BCUT2D eigenvalue weighted by Crippen LogP contribution is -2.30. The smallest absolute Gasteiger partial charge is 0.148 e. The fourth-order valence-corrected chi connectivity index (χ4v) is 1.78. The van der Waals surface area contributed by atoms with Gasteiger partial charge in [-0.05, 0) is 37.0 Å². The summed E-state index contributed by atoms with van der Waals surface area (Å²) in [4.78, 5) is 0. The minimum atomic E-state index is -1.35. The summed E-state index contributed by atoms with van der Waals surface area (Å²) in [5.41, 5.74) is 7.22. The van der Waals surface area contributed by atoms with Crippen molar-refractivity contribution >= 4 is 0 Å². The first-order valence-electron chi connectivity index (χ1n) is 5.50. The predicted molar refractivity (Wildman–Crippen MR) is 62.7 cm³/mol. The van der Waals surface area contributed by atoms with Gasteiger partial charge in [0.25, 0.3) is 0 Å². The summed E-state index contributed by atoms with van der Waals surface area (Å²) >= 11 is 0. The van der Waals surface area contributed by atoms with Crippen LogP contribution in [0.15, 0.2) is 18.2 Å². The summed E-state index contributed by atoms with van der Waals surface area (Å²) < 4.78 is 14.4. The van der Waals surface area contributed by atoms with Gasteiger partial charge in [0.2, 0.25) is 0 Å². The van der Waals surface area contributed by atoms with Crippen LogP contribution in [-0.4, -0.2) is 6.54 Å². The fraction of sp³-hybridized carbons (Fsp3) is 0.538. The molecule has 1 aromatic carbocycles. The average Bonchev–Trinajstić information content (AvgIpc) is 2.22. The first kappa shape index (κ1) is 12.2. The van der Waals surface area contributed by atoms with Crippen molar-refractivity contribution in [1.29, 1.82) is 0 Å². The highest BCUT2D eigenvalue weighted by Crippen LogP contribution is 2.31. The molecule has 0 saturated heterocycles. The van der Waals surface area contributed by atoms with Gasteiger partial charge >= 0.3 is 0 Å². The Kier molecular flexibility index (Phi) is 3.86. The molecule has 2 N–H and O–H groups in total. The minimum absolute atomic E-state index is 0.0589. The quantitative estimate of drug-likeness (QED) is 0.809. The Morgan fingerprint density at radius 3 is 2.40 bits per heavy atom. The van der Waals surface area contributed by atoms with Crippen molar-refractivity contribution in [3.8, 4) is 0 Å². The lowest BCUT2D eigenvalue weighted by molar-refractivity contribution is 0.159. The van der Waals surface area contributed by atoms with E-state index in [1.807, 2.05) is 39.0 Å². The zero-order valence-electron chi connectivity index (χ0n) is 9.81. The molecule has 0 aliphatic rings. The Labute approximate surface area is 91.5 Å². The van der Waals surface area contributed by atoms with Gasteiger partial charge in [0.15, 0.2) is 0 Å². The highest BCUT2D eigenvalue weighted by molar-refractivity contribution is 5.33. The van der Waals surface area contributed by atoms with Crippen LogP contribution < -0.4 is 5.73 Å². The van der Waals surface area contributed by atoms with E-state index in [1.54, 1.807) is 0 Å². The van der Waals surface area contributed by atoms with Gasteiger partial charge < -0.3 is 5.73 Å². The standard InChI is InChI=1S/C13H20FN/c1-4-7-13(14,9-15)12-6-5-10(2)11(3)8-12/h5-6,8H,4,7,9,15H2,1-3H3. The molecule has 0 bridgehead atoms. The minimum Gasteiger partial charge on any atom is -0.327 e. The van der Waals surface area contributed by atoms with Crippen molar-refractivity contribution < 1.29 is 4.39 Å². The SMILES string of the molecule is CCCC(F)(CN)c1ccc(C)c(C)c1. The van der Waals surface area contributed by atoms with Crippen LogP contribution in [0.3, 0.4) is 0 Å².